The maximum Gasteiger partial charge on any atom is 0.416 e. The summed E-state index contributed by atoms with van der Waals surface area (Å²) >= 11 is 0. The highest BCUT2D eigenvalue weighted by Gasteiger charge is 2.40. The molecule has 1 aromatic rings. The Morgan fingerprint density at radius 2 is 2.05 bits per heavy atom. The van der Waals surface area contributed by atoms with Gasteiger partial charge in [0.2, 0.25) is 0 Å². The Hall–Kier alpha value is -1.29. The minimum atomic E-state index is -4.24. The van der Waals surface area contributed by atoms with Gasteiger partial charge in [-0.15, -0.1) is 0 Å². The summed E-state index contributed by atoms with van der Waals surface area (Å²) in [5.74, 6) is 0.827. The summed E-state index contributed by atoms with van der Waals surface area (Å²) in [6, 6.07) is 5.82. The van der Waals surface area contributed by atoms with Gasteiger partial charge in [0.15, 0.2) is 0 Å². The summed E-state index contributed by atoms with van der Waals surface area (Å²) in [7, 11) is 0. The van der Waals surface area contributed by atoms with Gasteiger partial charge in [-0.05, 0) is 36.3 Å². The molecular formula is C16H18F3N. The summed E-state index contributed by atoms with van der Waals surface area (Å²) in [5.41, 5.74) is 0.318. The number of rotatable bonds is 3. The molecule has 0 bridgehead atoms. The fourth-order valence-electron chi connectivity index (χ4n) is 2.99. The van der Waals surface area contributed by atoms with Crippen LogP contribution in [0.15, 0.2) is 36.4 Å². The van der Waals surface area contributed by atoms with Gasteiger partial charge < -0.3 is 0 Å². The summed E-state index contributed by atoms with van der Waals surface area (Å²) in [6.45, 7) is 3.05. The molecule has 0 saturated heterocycles. The van der Waals surface area contributed by atoms with Gasteiger partial charge in [0, 0.05) is 19.6 Å². The minimum Gasteiger partial charge on any atom is -0.299 e. The second-order valence-electron chi connectivity index (χ2n) is 5.75. The van der Waals surface area contributed by atoms with Crippen LogP contribution < -0.4 is 0 Å². The molecule has 1 fully saturated rings. The highest BCUT2D eigenvalue weighted by molar-refractivity contribution is 5.32. The Bertz CT molecular complexity index is 507. The number of nitrogens with zero attached hydrogens (tertiary/aromatic N) is 1. The van der Waals surface area contributed by atoms with E-state index in [1.165, 1.54) is 12.1 Å². The molecule has 1 heterocycles. The van der Waals surface area contributed by atoms with Crippen molar-refractivity contribution < 1.29 is 13.2 Å². The van der Waals surface area contributed by atoms with Crippen molar-refractivity contribution in [3.8, 4) is 0 Å². The predicted octanol–water partition coefficient (Wildman–Crippen LogP) is 4.07. The zero-order chi connectivity index (χ0) is 14.2. The van der Waals surface area contributed by atoms with E-state index in [9.17, 15) is 13.2 Å². The van der Waals surface area contributed by atoms with Gasteiger partial charge in [0.1, 0.15) is 0 Å². The zero-order valence-corrected chi connectivity index (χ0v) is 11.2. The molecule has 1 aliphatic heterocycles. The van der Waals surface area contributed by atoms with Crippen molar-refractivity contribution in [1.82, 2.24) is 4.90 Å². The van der Waals surface area contributed by atoms with Crippen LogP contribution in [0.4, 0.5) is 13.2 Å². The summed E-state index contributed by atoms with van der Waals surface area (Å²) in [4.78, 5) is 2.39. The standard InChI is InChI=1S/C16H18F3N/c17-16(18,19)14-6-4-5-12(9-14)15-10-13(15)11-20-7-2-1-3-8-20/h1-2,4-6,9,13,15H,3,7-8,10-11H2. The molecule has 108 valence electrons. The van der Waals surface area contributed by atoms with Crippen LogP contribution in [0.2, 0.25) is 0 Å². The summed E-state index contributed by atoms with van der Waals surface area (Å²) in [5, 5.41) is 0. The van der Waals surface area contributed by atoms with E-state index in [4.69, 9.17) is 0 Å². The Labute approximate surface area is 117 Å². The van der Waals surface area contributed by atoms with Crippen LogP contribution in [0.5, 0.6) is 0 Å². The third kappa shape index (κ3) is 3.06. The number of hydrogen-bond acceptors (Lipinski definition) is 1. The van der Waals surface area contributed by atoms with E-state index < -0.39 is 11.7 Å². The Kier molecular flexibility index (Phi) is 3.59. The van der Waals surface area contributed by atoms with E-state index in [-0.39, 0.29) is 0 Å². The third-order valence-electron chi connectivity index (χ3n) is 4.20. The van der Waals surface area contributed by atoms with Crippen molar-refractivity contribution in [2.24, 2.45) is 5.92 Å². The number of benzene rings is 1. The molecule has 2 atom stereocenters. The van der Waals surface area contributed by atoms with Gasteiger partial charge in [-0.1, -0.05) is 30.4 Å². The first-order valence-corrected chi connectivity index (χ1v) is 7.08. The topological polar surface area (TPSA) is 3.24 Å². The molecule has 1 aromatic carbocycles. The fourth-order valence-corrected chi connectivity index (χ4v) is 2.99. The first-order chi connectivity index (χ1) is 9.54. The van der Waals surface area contributed by atoms with Crippen LogP contribution in [-0.2, 0) is 6.18 Å². The average molecular weight is 281 g/mol. The molecule has 2 aliphatic rings. The average Bonchev–Trinajstić information content (AvgIpc) is 3.18. The van der Waals surface area contributed by atoms with Gasteiger partial charge in [-0.2, -0.15) is 13.2 Å². The highest BCUT2D eigenvalue weighted by atomic mass is 19.4. The first-order valence-electron chi connectivity index (χ1n) is 7.08. The molecular weight excluding hydrogens is 263 g/mol. The second kappa shape index (κ2) is 5.24. The van der Waals surface area contributed by atoms with Crippen molar-refractivity contribution >= 4 is 0 Å². The smallest absolute Gasteiger partial charge is 0.299 e. The second-order valence-corrected chi connectivity index (χ2v) is 5.75. The van der Waals surface area contributed by atoms with Crippen LogP contribution in [-0.4, -0.2) is 24.5 Å². The largest absolute Gasteiger partial charge is 0.416 e. The lowest BCUT2D eigenvalue weighted by Crippen LogP contribution is -2.29. The first kappa shape index (κ1) is 13.7. The van der Waals surface area contributed by atoms with Gasteiger partial charge in [-0.25, -0.2) is 0 Å². The third-order valence-corrected chi connectivity index (χ3v) is 4.20. The summed E-state index contributed by atoms with van der Waals surface area (Å²) < 4.78 is 38.1. The fraction of sp³-hybridized carbons (Fsp3) is 0.500. The molecule has 0 amide bonds. The Balaban J connectivity index is 1.62. The lowest BCUT2D eigenvalue weighted by molar-refractivity contribution is -0.137. The molecule has 0 spiro atoms. The van der Waals surface area contributed by atoms with Crippen LogP contribution in [0, 0.1) is 5.92 Å². The molecule has 2 unspecified atom stereocenters. The minimum absolute atomic E-state index is 0.309. The van der Waals surface area contributed by atoms with Crippen molar-refractivity contribution in [3.05, 3.63) is 47.5 Å². The molecule has 20 heavy (non-hydrogen) atoms. The Morgan fingerprint density at radius 1 is 1.20 bits per heavy atom. The van der Waals surface area contributed by atoms with Gasteiger partial charge in [-0.3, -0.25) is 4.90 Å². The monoisotopic (exact) mass is 281 g/mol. The molecule has 1 saturated carbocycles. The van der Waals surface area contributed by atoms with Crippen molar-refractivity contribution in [1.29, 1.82) is 0 Å². The normalized spacial score (nSPS) is 26.8. The quantitative estimate of drug-likeness (QED) is 0.755. The summed E-state index contributed by atoms with van der Waals surface area (Å²) in [6.07, 6.45) is 2.22. The van der Waals surface area contributed by atoms with Crippen LogP contribution in [0.25, 0.3) is 0 Å². The zero-order valence-electron chi connectivity index (χ0n) is 11.2. The van der Waals surface area contributed by atoms with Gasteiger partial charge >= 0.3 is 6.18 Å². The van der Waals surface area contributed by atoms with Crippen molar-refractivity contribution in [2.75, 3.05) is 19.6 Å². The number of alkyl halides is 3. The van der Waals surface area contributed by atoms with E-state index in [0.717, 1.165) is 44.1 Å². The molecule has 0 radical (unpaired) electrons. The molecule has 1 nitrogen and oxygen atoms in total. The van der Waals surface area contributed by atoms with E-state index >= 15 is 0 Å². The highest BCUT2D eigenvalue weighted by Crippen LogP contribution is 2.48. The molecule has 0 aromatic heterocycles. The predicted molar refractivity (Wildman–Crippen MR) is 72.5 cm³/mol. The molecule has 1 aliphatic carbocycles. The lowest BCUT2D eigenvalue weighted by Gasteiger charge is -2.22. The van der Waals surface area contributed by atoms with Crippen LogP contribution in [0.1, 0.15) is 29.9 Å². The Morgan fingerprint density at radius 3 is 2.75 bits per heavy atom. The maximum absolute atomic E-state index is 12.7. The lowest BCUT2D eigenvalue weighted by atomic mass is 10.1. The van der Waals surface area contributed by atoms with Crippen LogP contribution in [0.3, 0.4) is 0 Å². The SMILES string of the molecule is FC(F)(F)c1cccc(C2CC2CN2CC=CCC2)c1. The van der Waals surface area contributed by atoms with Crippen molar-refractivity contribution in [2.45, 2.75) is 24.9 Å². The molecule has 3 rings (SSSR count). The van der Waals surface area contributed by atoms with Crippen LogP contribution >= 0.6 is 0 Å². The van der Waals surface area contributed by atoms with Crippen molar-refractivity contribution in [3.63, 3.8) is 0 Å². The van der Waals surface area contributed by atoms with E-state index in [2.05, 4.69) is 17.1 Å². The van der Waals surface area contributed by atoms with E-state index in [1.54, 1.807) is 0 Å². The maximum atomic E-state index is 12.7. The van der Waals surface area contributed by atoms with Gasteiger partial charge in [0.25, 0.3) is 0 Å². The van der Waals surface area contributed by atoms with E-state index in [1.807, 2.05) is 6.07 Å². The number of halogens is 3. The molecule has 0 N–H and O–H groups in total. The number of hydrogen-bond donors (Lipinski definition) is 0. The van der Waals surface area contributed by atoms with Gasteiger partial charge in [0.05, 0.1) is 5.56 Å². The molecule has 4 heteroatoms. The van der Waals surface area contributed by atoms with E-state index in [0.29, 0.717) is 11.8 Å².